The fraction of sp³-hybridized carbons (Fsp3) is 0.150. The molecule has 3 aromatic rings. The van der Waals surface area contributed by atoms with Crippen LogP contribution in [0.15, 0.2) is 53.8 Å². The number of rotatable bonds is 7. The number of methoxy groups -OCH3 is 2. The summed E-state index contributed by atoms with van der Waals surface area (Å²) in [5.41, 5.74) is 4.58. The number of carbonyl (C=O) groups is 2. The Kier molecular flexibility index (Phi) is 5.91. The lowest BCUT2D eigenvalue weighted by Crippen LogP contribution is -2.34. The van der Waals surface area contributed by atoms with Crippen molar-refractivity contribution in [1.82, 2.24) is 15.7 Å². The molecule has 0 unspecified atom stereocenters. The van der Waals surface area contributed by atoms with Gasteiger partial charge in [0, 0.05) is 28.2 Å². The van der Waals surface area contributed by atoms with Crippen LogP contribution in [0.5, 0.6) is 11.5 Å². The number of aromatic nitrogens is 1. The number of hydrogen-bond acceptors (Lipinski definition) is 5. The molecule has 0 aliphatic carbocycles. The lowest BCUT2D eigenvalue weighted by molar-refractivity contribution is -0.120. The van der Waals surface area contributed by atoms with Gasteiger partial charge in [-0.2, -0.15) is 5.10 Å². The van der Waals surface area contributed by atoms with E-state index in [0.29, 0.717) is 17.1 Å². The van der Waals surface area contributed by atoms with Gasteiger partial charge >= 0.3 is 0 Å². The van der Waals surface area contributed by atoms with Crippen molar-refractivity contribution in [3.63, 3.8) is 0 Å². The van der Waals surface area contributed by atoms with E-state index in [0.717, 1.165) is 16.5 Å². The molecule has 0 fully saturated rings. The van der Waals surface area contributed by atoms with Gasteiger partial charge in [-0.3, -0.25) is 9.59 Å². The topological polar surface area (TPSA) is 105 Å². The number of ether oxygens (including phenoxy) is 2. The Morgan fingerprint density at radius 3 is 2.68 bits per heavy atom. The molecular formula is C20H20N4O4. The Bertz CT molecular complexity index is 1030. The molecule has 0 radical (unpaired) electrons. The third kappa shape index (κ3) is 4.29. The van der Waals surface area contributed by atoms with E-state index in [4.69, 9.17) is 9.47 Å². The van der Waals surface area contributed by atoms with Crippen molar-refractivity contribution in [1.29, 1.82) is 0 Å². The number of aromatic amines is 1. The second kappa shape index (κ2) is 8.72. The van der Waals surface area contributed by atoms with E-state index < -0.39 is 11.8 Å². The van der Waals surface area contributed by atoms with Gasteiger partial charge in [-0.1, -0.05) is 18.2 Å². The summed E-state index contributed by atoms with van der Waals surface area (Å²) < 4.78 is 10.3. The van der Waals surface area contributed by atoms with Crippen molar-refractivity contribution >= 4 is 28.9 Å². The molecule has 0 aliphatic heterocycles. The number of nitrogens with zero attached hydrogens (tertiary/aromatic N) is 1. The molecule has 2 aromatic carbocycles. The van der Waals surface area contributed by atoms with Gasteiger partial charge in [0.2, 0.25) is 0 Å². The number of carbonyl (C=O) groups excluding carboxylic acids is 2. The van der Waals surface area contributed by atoms with Crippen molar-refractivity contribution in [3.05, 3.63) is 59.8 Å². The first-order valence-corrected chi connectivity index (χ1v) is 8.50. The zero-order chi connectivity index (χ0) is 19.9. The Labute approximate surface area is 161 Å². The first kappa shape index (κ1) is 19.0. The molecule has 0 aliphatic rings. The minimum atomic E-state index is -0.440. The molecule has 28 heavy (non-hydrogen) atoms. The number of hydrazone groups is 1. The summed E-state index contributed by atoms with van der Waals surface area (Å²) in [7, 11) is 3.00. The van der Waals surface area contributed by atoms with E-state index in [-0.39, 0.29) is 6.54 Å². The quantitative estimate of drug-likeness (QED) is 0.431. The summed E-state index contributed by atoms with van der Waals surface area (Å²) in [6, 6.07) is 12.5. The molecule has 144 valence electrons. The van der Waals surface area contributed by atoms with Gasteiger partial charge < -0.3 is 19.8 Å². The molecule has 0 atom stereocenters. The van der Waals surface area contributed by atoms with Crippen molar-refractivity contribution in [2.24, 2.45) is 5.10 Å². The minimum absolute atomic E-state index is 0.210. The van der Waals surface area contributed by atoms with E-state index >= 15 is 0 Å². The number of para-hydroxylation sites is 1. The summed E-state index contributed by atoms with van der Waals surface area (Å²) in [6.45, 7) is -0.210. The number of nitrogens with one attached hydrogen (secondary N) is 3. The molecule has 0 spiro atoms. The van der Waals surface area contributed by atoms with Crippen molar-refractivity contribution in [2.75, 3.05) is 20.8 Å². The van der Waals surface area contributed by atoms with Crippen LogP contribution in [0.2, 0.25) is 0 Å². The molecule has 0 saturated carbocycles. The Hall–Kier alpha value is -3.81. The van der Waals surface area contributed by atoms with Crippen LogP contribution >= 0.6 is 0 Å². The monoisotopic (exact) mass is 380 g/mol. The molecule has 0 saturated heterocycles. The largest absolute Gasteiger partial charge is 0.493 e. The predicted molar refractivity (Wildman–Crippen MR) is 106 cm³/mol. The van der Waals surface area contributed by atoms with Gasteiger partial charge in [0.1, 0.15) is 0 Å². The second-order valence-corrected chi connectivity index (χ2v) is 5.84. The van der Waals surface area contributed by atoms with Crippen LogP contribution in [0, 0.1) is 0 Å². The first-order valence-electron chi connectivity index (χ1n) is 8.50. The summed E-state index contributed by atoms with van der Waals surface area (Å²) in [5.74, 6) is 0.105. The number of fused-ring (bicyclic) bond motifs is 1. The van der Waals surface area contributed by atoms with Crippen LogP contribution in [0.25, 0.3) is 10.9 Å². The number of hydrogen-bond donors (Lipinski definition) is 3. The fourth-order valence-corrected chi connectivity index (χ4v) is 2.65. The first-order chi connectivity index (χ1) is 13.6. The zero-order valence-electron chi connectivity index (χ0n) is 15.5. The lowest BCUT2D eigenvalue weighted by atomic mass is 10.2. The lowest BCUT2D eigenvalue weighted by Gasteiger charge is -2.09. The third-order valence-corrected chi connectivity index (χ3v) is 4.07. The van der Waals surface area contributed by atoms with E-state index in [1.807, 2.05) is 24.3 Å². The highest BCUT2D eigenvalue weighted by atomic mass is 16.5. The number of benzene rings is 2. The summed E-state index contributed by atoms with van der Waals surface area (Å²) in [4.78, 5) is 27.2. The highest BCUT2D eigenvalue weighted by Crippen LogP contribution is 2.27. The summed E-state index contributed by atoms with van der Waals surface area (Å²) in [5, 5.41) is 7.47. The second-order valence-electron chi connectivity index (χ2n) is 5.84. The summed E-state index contributed by atoms with van der Waals surface area (Å²) >= 11 is 0. The van der Waals surface area contributed by atoms with E-state index in [9.17, 15) is 9.59 Å². The molecule has 0 bridgehead atoms. The zero-order valence-corrected chi connectivity index (χ0v) is 15.5. The minimum Gasteiger partial charge on any atom is -0.493 e. The van der Waals surface area contributed by atoms with Crippen molar-refractivity contribution in [3.8, 4) is 11.5 Å². The van der Waals surface area contributed by atoms with Gasteiger partial charge in [0.05, 0.1) is 27.0 Å². The molecule has 2 amide bonds. The molecule has 3 rings (SSSR count). The smallest absolute Gasteiger partial charge is 0.259 e. The van der Waals surface area contributed by atoms with Crippen molar-refractivity contribution in [2.45, 2.75) is 0 Å². The average Bonchev–Trinajstić information content (AvgIpc) is 3.14. The molecule has 8 heteroatoms. The normalized spacial score (nSPS) is 10.8. The maximum absolute atomic E-state index is 12.2. The fourth-order valence-electron chi connectivity index (χ4n) is 2.65. The van der Waals surface area contributed by atoms with Gasteiger partial charge in [-0.05, 0) is 24.3 Å². The Morgan fingerprint density at radius 2 is 1.89 bits per heavy atom. The van der Waals surface area contributed by atoms with Crippen LogP contribution in [-0.2, 0) is 4.79 Å². The third-order valence-electron chi connectivity index (χ3n) is 4.07. The molecule has 1 heterocycles. The van der Waals surface area contributed by atoms with Crippen LogP contribution in [0.1, 0.15) is 15.9 Å². The standard InChI is InChI=1S/C20H20N4O4/c1-27-17-8-7-13(9-18(17)28-2)20(26)22-12-19(25)24-23-11-14-10-21-16-6-4-3-5-15(14)16/h3-11,21H,12H2,1-2H3,(H,22,26)(H,24,25)/b23-11-. The van der Waals surface area contributed by atoms with Crippen LogP contribution < -0.4 is 20.2 Å². The van der Waals surface area contributed by atoms with Gasteiger partial charge in [-0.15, -0.1) is 0 Å². The van der Waals surface area contributed by atoms with E-state index in [1.54, 1.807) is 30.6 Å². The molecule has 1 aromatic heterocycles. The Morgan fingerprint density at radius 1 is 1.11 bits per heavy atom. The maximum Gasteiger partial charge on any atom is 0.259 e. The molecule has 3 N–H and O–H groups in total. The van der Waals surface area contributed by atoms with Crippen molar-refractivity contribution < 1.29 is 19.1 Å². The number of H-pyrrole nitrogens is 1. The predicted octanol–water partition coefficient (Wildman–Crippen LogP) is 2.07. The maximum atomic E-state index is 12.2. The van der Waals surface area contributed by atoms with Crippen LogP contribution in [-0.4, -0.2) is 43.8 Å². The highest BCUT2D eigenvalue weighted by molar-refractivity contribution is 5.99. The summed E-state index contributed by atoms with van der Waals surface area (Å²) in [6.07, 6.45) is 3.35. The van der Waals surface area contributed by atoms with Gasteiger partial charge in [0.15, 0.2) is 11.5 Å². The van der Waals surface area contributed by atoms with E-state index in [1.165, 1.54) is 14.2 Å². The highest BCUT2D eigenvalue weighted by Gasteiger charge is 2.11. The number of amides is 2. The van der Waals surface area contributed by atoms with Gasteiger partial charge in [0.25, 0.3) is 11.8 Å². The van der Waals surface area contributed by atoms with Crippen LogP contribution in [0.3, 0.4) is 0 Å². The van der Waals surface area contributed by atoms with Crippen LogP contribution in [0.4, 0.5) is 0 Å². The molecular weight excluding hydrogens is 360 g/mol. The molecule has 8 nitrogen and oxygen atoms in total. The van der Waals surface area contributed by atoms with Gasteiger partial charge in [-0.25, -0.2) is 5.43 Å². The average molecular weight is 380 g/mol. The Balaban J connectivity index is 1.53. The van der Waals surface area contributed by atoms with E-state index in [2.05, 4.69) is 20.8 Å². The SMILES string of the molecule is COc1ccc(C(=O)NCC(=O)N/N=C\c2c[nH]c3ccccc23)cc1OC.